The van der Waals surface area contributed by atoms with E-state index in [1.807, 2.05) is 0 Å². The van der Waals surface area contributed by atoms with Crippen LogP contribution in [0.5, 0.6) is 0 Å². The summed E-state index contributed by atoms with van der Waals surface area (Å²) < 4.78 is 5.06. The summed E-state index contributed by atoms with van der Waals surface area (Å²) in [5.74, 6) is 0.793. The second-order valence-electron chi connectivity index (χ2n) is 4.50. The van der Waals surface area contributed by atoms with E-state index in [2.05, 4.69) is 27.7 Å². The molecule has 0 heterocycles. The van der Waals surface area contributed by atoms with Gasteiger partial charge in [-0.3, -0.25) is 0 Å². The van der Waals surface area contributed by atoms with E-state index >= 15 is 0 Å². The lowest BCUT2D eigenvalue weighted by Crippen LogP contribution is -2.16. The maximum Gasteiger partial charge on any atom is 0.0467 e. The predicted octanol–water partition coefficient (Wildman–Crippen LogP) is 3.10. The van der Waals surface area contributed by atoms with Crippen molar-refractivity contribution in [3.63, 3.8) is 0 Å². The number of hydrogen-bond acceptors (Lipinski definition) is 1. The summed E-state index contributed by atoms with van der Waals surface area (Å²) in [4.78, 5) is 0. The molecule has 0 aromatic rings. The SMILES string of the molecule is COCCC(C)(C)CC(C)C. The van der Waals surface area contributed by atoms with E-state index in [0.29, 0.717) is 5.41 Å². The Morgan fingerprint density at radius 2 is 1.82 bits per heavy atom. The second-order valence-corrected chi connectivity index (χ2v) is 4.50. The molecule has 1 heteroatoms. The lowest BCUT2D eigenvalue weighted by molar-refractivity contribution is 0.140. The van der Waals surface area contributed by atoms with Gasteiger partial charge in [0.25, 0.3) is 0 Å². The molecule has 0 aliphatic carbocycles. The van der Waals surface area contributed by atoms with Crippen molar-refractivity contribution in [2.45, 2.75) is 40.5 Å². The third kappa shape index (κ3) is 6.36. The van der Waals surface area contributed by atoms with Crippen molar-refractivity contribution in [1.29, 1.82) is 0 Å². The molecule has 0 radical (unpaired) electrons. The lowest BCUT2D eigenvalue weighted by atomic mass is 9.81. The van der Waals surface area contributed by atoms with E-state index in [-0.39, 0.29) is 0 Å². The fourth-order valence-corrected chi connectivity index (χ4v) is 1.59. The minimum Gasteiger partial charge on any atom is -0.385 e. The maximum atomic E-state index is 5.06. The molecule has 0 aliphatic heterocycles. The Labute approximate surface area is 71.1 Å². The lowest BCUT2D eigenvalue weighted by Gasteiger charge is -2.26. The number of ether oxygens (including phenoxy) is 1. The number of rotatable bonds is 5. The van der Waals surface area contributed by atoms with Crippen LogP contribution in [0.15, 0.2) is 0 Å². The van der Waals surface area contributed by atoms with Crippen molar-refractivity contribution in [3.05, 3.63) is 0 Å². The van der Waals surface area contributed by atoms with E-state index < -0.39 is 0 Å². The quantitative estimate of drug-likeness (QED) is 0.597. The van der Waals surface area contributed by atoms with E-state index in [1.54, 1.807) is 7.11 Å². The molecule has 0 aliphatic rings. The van der Waals surface area contributed by atoms with Crippen molar-refractivity contribution in [3.8, 4) is 0 Å². The van der Waals surface area contributed by atoms with Crippen molar-refractivity contribution < 1.29 is 4.74 Å². The Morgan fingerprint density at radius 3 is 2.18 bits per heavy atom. The Kier molecular flexibility index (Phi) is 4.74. The molecule has 0 fully saturated rings. The Morgan fingerprint density at radius 1 is 1.27 bits per heavy atom. The van der Waals surface area contributed by atoms with Crippen LogP contribution in [0.3, 0.4) is 0 Å². The predicted molar refractivity (Wildman–Crippen MR) is 49.7 cm³/mol. The third-order valence-corrected chi connectivity index (χ3v) is 1.94. The van der Waals surface area contributed by atoms with E-state index in [0.717, 1.165) is 12.5 Å². The highest BCUT2D eigenvalue weighted by molar-refractivity contribution is 4.69. The molecule has 0 saturated carbocycles. The molecule has 0 amide bonds. The van der Waals surface area contributed by atoms with Crippen LogP contribution >= 0.6 is 0 Å². The molecule has 0 unspecified atom stereocenters. The van der Waals surface area contributed by atoms with Crippen molar-refractivity contribution in [2.24, 2.45) is 11.3 Å². The van der Waals surface area contributed by atoms with Crippen LogP contribution in [0.25, 0.3) is 0 Å². The summed E-state index contributed by atoms with van der Waals surface area (Å²) in [5.41, 5.74) is 0.449. The Hall–Kier alpha value is -0.0400. The van der Waals surface area contributed by atoms with Crippen LogP contribution in [0.2, 0.25) is 0 Å². The zero-order valence-corrected chi connectivity index (χ0v) is 8.61. The summed E-state index contributed by atoms with van der Waals surface area (Å²) in [6.45, 7) is 10.1. The van der Waals surface area contributed by atoms with E-state index in [9.17, 15) is 0 Å². The van der Waals surface area contributed by atoms with Gasteiger partial charge in [0.15, 0.2) is 0 Å². The zero-order valence-electron chi connectivity index (χ0n) is 8.61. The van der Waals surface area contributed by atoms with E-state index in [1.165, 1.54) is 12.8 Å². The van der Waals surface area contributed by atoms with Crippen LogP contribution < -0.4 is 0 Å². The third-order valence-electron chi connectivity index (χ3n) is 1.94. The standard InChI is InChI=1S/C10H22O/c1-9(2)8-10(3,4)6-7-11-5/h9H,6-8H2,1-5H3. The fraction of sp³-hybridized carbons (Fsp3) is 1.00. The summed E-state index contributed by atoms with van der Waals surface area (Å²) in [5, 5.41) is 0. The summed E-state index contributed by atoms with van der Waals surface area (Å²) in [6, 6.07) is 0. The molecule has 11 heavy (non-hydrogen) atoms. The summed E-state index contributed by atoms with van der Waals surface area (Å²) in [7, 11) is 1.77. The molecule has 0 spiro atoms. The van der Waals surface area contributed by atoms with Gasteiger partial charge < -0.3 is 4.74 Å². The van der Waals surface area contributed by atoms with Gasteiger partial charge in [0.2, 0.25) is 0 Å². The van der Waals surface area contributed by atoms with Crippen LogP contribution in [0.4, 0.5) is 0 Å². The second kappa shape index (κ2) is 4.76. The molecule has 0 aromatic heterocycles. The molecule has 0 saturated heterocycles. The first-order valence-electron chi connectivity index (χ1n) is 4.47. The summed E-state index contributed by atoms with van der Waals surface area (Å²) >= 11 is 0. The Balaban J connectivity index is 3.61. The van der Waals surface area contributed by atoms with Gasteiger partial charge in [-0.05, 0) is 24.2 Å². The van der Waals surface area contributed by atoms with Gasteiger partial charge in [0.05, 0.1) is 0 Å². The largest absolute Gasteiger partial charge is 0.385 e. The minimum atomic E-state index is 0.449. The topological polar surface area (TPSA) is 9.23 Å². The molecule has 0 rings (SSSR count). The van der Waals surface area contributed by atoms with E-state index in [4.69, 9.17) is 4.74 Å². The molecule has 68 valence electrons. The maximum absolute atomic E-state index is 5.06. The first-order valence-corrected chi connectivity index (χ1v) is 4.47. The van der Waals surface area contributed by atoms with Crippen molar-refractivity contribution in [2.75, 3.05) is 13.7 Å². The fourth-order valence-electron chi connectivity index (χ4n) is 1.59. The molecule has 0 bridgehead atoms. The van der Waals surface area contributed by atoms with Gasteiger partial charge in [-0.1, -0.05) is 27.7 Å². The molecule has 0 atom stereocenters. The first kappa shape index (κ1) is 11.0. The van der Waals surface area contributed by atoms with Gasteiger partial charge in [-0.2, -0.15) is 0 Å². The molecule has 0 N–H and O–H groups in total. The number of hydrogen-bond donors (Lipinski definition) is 0. The monoisotopic (exact) mass is 158 g/mol. The van der Waals surface area contributed by atoms with Gasteiger partial charge in [0, 0.05) is 13.7 Å². The molecular weight excluding hydrogens is 136 g/mol. The van der Waals surface area contributed by atoms with Gasteiger partial charge in [0.1, 0.15) is 0 Å². The highest BCUT2D eigenvalue weighted by Gasteiger charge is 2.18. The summed E-state index contributed by atoms with van der Waals surface area (Å²) in [6.07, 6.45) is 2.46. The minimum absolute atomic E-state index is 0.449. The van der Waals surface area contributed by atoms with Gasteiger partial charge >= 0.3 is 0 Å². The average Bonchev–Trinajstić information content (AvgIpc) is 1.81. The molecule has 1 nitrogen and oxygen atoms in total. The van der Waals surface area contributed by atoms with Gasteiger partial charge in [-0.15, -0.1) is 0 Å². The van der Waals surface area contributed by atoms with Crippen LogP contribution in [0.1, 0.15) is 40.5 Å². The Bertz CT molecular complexity index is 95.0. The first-order chi connectivity index (χ1) is 4.98. The van der Waals surface area contributed by atoms with Crippen LogP contribution in [0, 0.1) is 11.3 Å². The normalized spacial score (nSPS) is 12.5. The van der Waals surface area contributed by atoms with Crippen LogP contribution in [-0.4, -0.2) is 13.7 Å². The zero-order chi connectivity index (χ0) is 8.91. The van der Waals surface area contributed by atoms with Crippen molar-refractivity contribution in [1.82, 2.24) is 0 Å². The average molecular weight is 158 g/mol. The molecule has 0 aromatic carbocycles. The van der Waals surface area contributed by atoms with Crippen molar-refractivity contribution >= 4 is 0 Å². The highest BCUT2D eigenvalue weighted by Crippen LogP contribution is 2.28. The smallest absolute Gasteiger partial charge is 0.0467 e. The van der Waals surface area contributed by atoms with Crippen LogP contribution in [-0.2, 0) is 4.74 Å². The highest BCUT2D eigenvalue weighted by atomic mass is 16.5. The number of methoxy groups -OCH3 is 1. The molecular formula is C10H22O. The van der Waals surface area contributed by atoms with Gasteiger partial charge in [-0.25, -0.2) is 0 Å².